The molecule has 3 rings (SSSR count). The number of nitrogens with one attached hydrogen (secondary N) is 1. The Balaban J connectivity index is 1.81. The maximum atomic E-state index is 14.1. The smallest absolute Gasteiger partial charge is 0.407 e. The number of carbonyl (C=O) groups is 1. The molecule has 1 aromatic carbocycles. The summed E-state index contributed by atoms with van der Waals surface area (Å²) in [5, 5.41) is 11.7. The summed E-state index contributed by atoms with van der Waals surface area (Å²) in [4.78, 5) is 31.2. The Bertz CT molecular complexity index is 1130. The Labute approximate surface area is 190 Å². The lowest BCUT2D eigenvalue weighted by molar-refractivity contribution is 0.0497. The monoisotopic (exact) mass is 461 g/mol. The van der Waals surface area contributed by atoms with Crippen LogP contribution in [0.5, 0.6) is 0 Å². The van der Waals surface area contributed by atoms with Gasteiger partial charge in [0.15, 0.2) is 0 Å². The second-order valence-corrected chi connectivity index (χ2v) is 9.03. The van der Waals surface area contributed by atoms with E-state index in [0.717, 1.165) is 6.07 Å². The fraction of sp³-hybridized carbons (Fsp3) is 0.455. The Kier molecular flexibility index (Phi) is 6.74. The molecule has 1 aliphatic rings. The molecule has 10 heteroatoms. The average molecular weight is 462 g/mol. The van der Waals surface area contributed by atoms with Crippen molar-refractivity contribution in [1.29, 1.82) is 5.26 Å². The number of benzene rings is 1. The van der Waals surface area contributed by atoms with Gasteiger partial charge in [-0.3, -0.25) is 9.36 Å². The van der Waals surface area contributed by atoms with E-state index in [1.165, 1.54) is 16.7 Å². The Morgan fingerprint density at radius 2 is 2.00 bits per heavy atom. The van der Waals surface area contributed by atoms with Crippen LogP contribution in [0.1, 0.15) is 39.2 Å². The average Bonchev–Trinajstić information content (AvgIpc) is 2.71. The Morgan fingerprint density at radius 1 is 1.34 bits per heavy atom. The molecule has 1 amide bonds. The summed E-state index contributed by atoms with van der Waals surface area (Å²) in [5.41, 5.74) is -0.662. The summed E-state index contributed by atoms with van der Waals surface area (Å²) >= 11 is 6.24. The van der Waals surface area contributed by atoms with Gasteiger partial charge in [-0.05, 0) is 45.7 Å². The predicted octanol–water partition coefficient (Wildman–Crippen LogP) is 3.60. The summed E-state index contributed by atoms with van der Waals surface area (Å²) in [6.07, 6.45) is 0.815. The van der Waals surface area contributed by atoms with Crippen molar-refractivity contribution < 1.29 is 13.9 Å². The molecule has 8 nitrogen and oxygen atoms in total. The lowest BCUT2D eigenvalue weighted by Gasteiger charge is -2.34. The van der Waals surface area contributed by atoms with E-state index < -0.39 is 23.1 Å². The number of carbonyl (C=O) groups excluding carboxylic acids is 1. The second-order valence-electron chi connectivity index (χ2n) is 8.65. The molecule has 0 atom stereocenters. The first-order valence-corrected chi connectivity index (χ1v) is 10.6. The summed E-state index contributed by atoms with van der Waals surface area (Å²) < 4.78 is 20.8. The molecule has 0 unspecified atom stereocenters. The topological polar surface area (TPSA) is 100 Å². The third kappa shape index (κ3) is 5.19. The molecule has 2 aromatic rings. The number of nitrogens with zero attached hydrogens (tertiary/aromatic N) is 4. The van der Waals surface area contributed by atoms with Gasteiger partial charge in [0.05, 0.1) is 11.3 Å². The molecule has 0 spiro atoms. The molecular weight excluding hydrogens is 437 g/mol. The minimum absolute atomic E-state index is 0.0579. The van der Waals surface area contributed by atoms with Crippen LogP contribution < -0.4 is 15.8 Å². The van der Waals surface area contributed by atoms with Crippen LogP contribution in [0, 0.1) is 17.1 Å². The Morgan fingerprint density at radius 3 is 2.56 bits per heavy atom. The van der Waals surface area contributed by atoms with Crippen molar-refractivity contribution in [2.45, 2.75) is 45.3 Å². The third-order valence-electron chi connectivity index (χ3n) is 5.07. The van der Waals surface area contributed by atoms with Gasteiger partial charge in [-0.2, -0.15) is 5.26 Å². The first-order chi connectivity index (χ1) is 15.0. The van der Waals surface area contributed by atoms with Crippen LogP contribution in [-0.4, -0.2) is 40.4 Å². The van der Waals surface area contributed by atoms with Crippen LogP contribution >= 0.6 is 11.6 Å². The van der Waals surface area contributed by atoms with E-state index in [-0.39, 0.29) is 22.3 Å². The van der Waals surface area contributed by atoms with Crippen molar-refractivity contribution in [2.75, 3.05) is 18.0 Å². The van der Waals surface area contributed by atoms with Gasteiger partial charge in [0, 0.05) is 31.7 Å². The molecule has 170 valence electrons. The Hall–Kier alpha value is -3.12. The second kappa shape index (κ2) is 9.17. The molecule has 0 radical (unpaired) electrons. The predicted molar refractivity (Wildman–Crippen MR) is 119 cm³/mol. The van der Waals surface area contributed by atoms with Crippen LogP contribution in [-0.2, 0) is 11.8 Å². The fourth-order valence-corrected chi connectivity index (χ4v) is 3.77. The van der Waals surface area contributed by atoms with E-state index in [9.17, 15) is 14.0 Å². The standard InChI is InChI=1S/C22H25ClFN5O3/c1-22(2,3)32-21(31)26-15-7-9-29(10-8-15)20-27-18(17(23)19(30)28(20)4)13-5-6-14(12-25)16(24)11-13/h5-6,11,15H,7-10H2,1-4H3,(H,26,31). The molecule has 1 saturated heterocycles. The van der Waals surface area contributed by atoms with Crippen LogP contribution in [0.15, 0.2) is 23.0 Å². The highest BCUT2D eigenvalue weighted by Gasteiger charge is 2.26. The molecule has 1 N–H and O–H groups in total. The van der Waals surface area contributed by atoms with Gasteiger partial charge in [0.2, 0.25) is 5.95 Å². The number of amides is 1. The number of piperidine rings is 1. The first-order valence-electron chi connectivity index (χ1n) is 10.2. The van der Waals surface area contributed by atoms with E-state index in [1.807, 2.05) is 4.90 Å². The quantitative estimate of drug-likeness (QED) is 0.749. The molecule has 32 heavy (non-hydrogen) atoms. The summed E-state index contributed by atoms with van der Waals surface area (Å²) in [6, 6.07) is 5.69. The number of halogens is 2. The number of nitriles is 1. The van der Waals surface area contributed by atoms with E-state index in [4.69, 9.17) is 21.6 Å². The highest BCUT2D eigenvalue weighted by Crippen LogP contribution is 2.28. The highest BCUT2D eigenvalue weighted by atomic mass is 35.5. The molecule has 2 heterocycles. The van der Waals surface area contributed by atoms with Gasteiger partial charge in [-0.1, -0.05) is 17.7 Å². The summed E-state index contributed by atoms with van der Waals surface area (Å²) in [6.45, 7) is 6.50. The van der Waals surface area contributed by atoms with Gasteiger partial charge in [-0.25, -0.2) is 14.2 Å². The largest absolute Gasteiger partial charge is 0.444 e. The van der Waals surface area contributed by atoms with E-state index >= 15 is 0 Å². The van der Waals surface area contributed by atoms with Gasteiger partial charge < -0.3 is 15.0 Å². The number of hydrogen-bond donors (Lipinski definition) is 1. The zero-order valence-corrected chi connectivity index (χ0v) is 19.2. The normalized spacial score (nSPS) is 14.7. The van der Waals surface area contributed by atoms with Gasteiger partial charge >= 0.3 is 6.09 Å². The van der Waals surface area contributed by atoms with Crippen molar-refractivity contribution in [3.63, 3.8) is 0 Å². The number of hydrogen-bond acceptors (Lipinski definition) is 6. The van der Waals surface area contributed by atoms with Gasteiger partial charge in [0.1, 0.15) is 22.5 Å². The van der Waals surface area contributed by atoms with Crippen LogP contribution in [0.25, 0.3) is 11.3 Å². The van der Waals surface area contributed by atoms with Crippen molar-refractivity contribution >= 4 is 23.6 Å². The number of ether oxygens (including phenoxy) is 1. The number of alkyl carbamates (subject to hydrolysis) is 1. The fourth-order valence-electron chi connectivity index (χ4n) is 3.49. The molecule has 0 bridgehead atoms. The first kappa shape index (κ1) is 23.5. The van der Waals surface area contributed by atoms with Gasteiger partial charge in [0.25, 0.3) is 5.56 Å². The number of rotatable bonds is 3. The third-order valence-corrected chi connectivity index (χ3v) is 5.41. The summed E-state index contributed by atoms with van der Waals surface area (Å²) in [7, 11) is 1.57. The number of aromatic nitrogens is 2. The van der Waals surface area contributed by atoms with E-state index in [2.05, 4.69) is 10.3 Å². The van der Waals surface area contributed by atoms with E-state index in [1.54, 1.807) is 33.9 Å². The van der Waals surface area contributed by atoms with Crippen molar-refractivity contribution in [1.82, 2.24) is 14.9 Å². The highest BCUT2D eigenvalue weighted by molar-refractivity contribution is 6.32. The molecular formula is C22H25ClFN5O3. The lowest BCUT2D eigenvalue weighted by Crippen LogP contribution is -2.47. The van der Waals surface area contributed by atoms with Crippen molar-refractivity contribution in [3.05, 3.63) is 45.0 Å². The maximum absolute atomic E-state index is 14.1. The SMILES string of the molecule is Cn1c(N2CCC(NC(=O)OC(C)(C)C)CC2)nc(-c2ccc(C#N)c(F)c2)c(Cl)c1=O. The zero-order valence-electron chi connectivity index (χ0n) is 18.4. The van der Waals surface area contributed by atoms with Crippen molar-refractivity contribution in [3.8, 4) is 17.3 Å². The van der Waals surface area contributed by atoms with E-state index in [0.29, 0.717) is 37.4 Å². The van der Waals surface area contributed by atoms with Crippen molar-refractivity contribution in [2.24, 2.45) is 7.05 Å². The van der Waals surface area contributed by atoms with Crippen LogP contribution in [0.3, 0.4) is 0 Å². The maximum Gasteiger partial charge on any atom is 0.407 e. The number of anilines is 1. The van der Waals surface area contributed by atoms with Gasteiger partial charge in [-0.15, -0.1) is 0 Å². The minimum atomic E-state index is -0.709. The molecule has 1 aliphatic heterocycles. The van der Waals surface area contributed by atoms with Crippen LogP contribution in [0.4, 0.5) is 15.1 Å². The molecule has 0 aliphatic carbocycles. The zero-order chi connectivity index (χ0) is 23.6. The molecule has 1 fully saturated rings. The lowest BCUT2D eigenvalue weighted by atomic mass is 10.1. The molecule has 1 aromatic heterocycles. The van der Waals surface area contributed by atoms with Crippen LogP contribution in [0.2, 0.25) is 5.02 Å². The molecule has 0 saturated carbocycles. The minimum Gasteiger partial charge on any atom is -0.444 e. The summed E-state index contributed by atoms with van der Waals surface area (Å²) in [5.74, 6) is -0.311.